The van der Waals surface area contributed by atoms with Crippen LogP contribution >= 0.6 is 0 Å². The molecule has 0 saturated heterocycles. The Morgan fingerprint density at radius 3 is 2.75 bits per heavy atom. The molecule has 16 heavy (non-hydrogen) atoms. The summed E-state index contributed by atoms with van der Waals surface area (Å²) in [5.74, 6) is 0.698. The van der Waals surface area contributed by atoms with Gasteiger partial charge in [0.25, 0.3) is 0 Å². The number of carbonyl (C=O) groups is 1. The first-order valence-corrected chi connectivity index (χ1v) is 5.57. The molecule has 1 aromatic rings. The maximum absolute atomic E-state index is 10.7. The highest BCUT2D eigenvalue weighted by molar-refractivity contribution is 5.87. The van der Waals surface area contributed by atoms with Gasteiger partial charge in [0.2, 0.25) is 0 Å². The molecule has 0 spiro atoms. The fourth-order valence-electron chi connectivity index (χ4n) is 1.89. The average Bonchev–Trinajstić information content (AvgIpc) is 2.23. The van der Waals surface area contributed by atoms with E-state index in [0.29, 0.717) is 0 Å². The number of carboxylic acid groups (broad SMARTS) is 1. The first kappa shape index (κ1) is 10.9. The molecule has 1 fully saturated rings. The number of carboxylic acids is 1. The highest BCUT2D eigenvalue weighted by atomic mass is 16.4. The average molecular weight is 220 g/mol. The molecule has 1 aliphatic rings. The van der Waals surface area contributed by atoms with Crippen molar-refractivity contribution < 1.29 is 9.90 Å². The Hall–Kier alpha value is -1.58. The number of pyridine rings is 1. The highest BCUT2D eigenvalue weighted by Gasteiger charge is 2.19. The lowest BCUT2D eigenvalue weighted by Gasteiger charge is -2.30. The summed E-state index contributed by atoms with van der Waals surface area (Å²) in [4.78, 5) is 16.9. The Morgan fingerprint density at radius 1 is 1.56 bits per heavy atom. The molecule has 0 atom stereocenters. The van der Waals surface area contributed by atoms with E-state index >= 15 is 0 Å². The summed E-state index contributed by atoms with van der Waals surface area (Å²) in [5.41, 5.74) is 0.237. The van der Waals surface area contributed by atoms with E-state index in [1.807, 2.05) is 7.05 Å². The first-order valence-electron chi connectivity index (χ1n) is 5.57. The monoisotopic (exact) mass is 220 g/mol. The Morgan fingerprint density at radius 2 is 2.31 bits per heavy atom. The molecule has 2 rings (SSSR count). The van der Waals surface area contributed by atoms with Gasteiger partial charge in [0, 0.05) is 19.8 Å². The molecular formula is C12H16N2O2. The predicted octanol–water partition coefficient (Wildman–Crippen LogP) is 2.02. The molecule has 0 aliphatic heterocycles. The fourth-order valence-corrected chi connectivity index (χ4v) is 1.89. The van der Waals surface area contributed by atoms with Gasteiger partial charge in [-0.2, -0.15) is 0 Å². The number of nitrogens with zero attached hydrogens (tertiary/aromatic N) is 2. The molecule has 1 aromatic heterocycles. The van der Waals surface area contributed by atoms with Crippen LogP contribution < -0.4 is 4.90 Å². The van der Waals surface area contributed by atoms with E-state index in [-0.39, 0.29) is 5.56 Å². The number of aromatic nitrogens is 1. The second kappa shape index (κ2) is 4.51. The van der Waals surface area contributed by atoms with Gasteiger partial charge in [-0.05, 0) is 30.9 Å². The number of hydrogen-bond donors (Lipinski definition) is 1. The standard InChI is InChI=1S/C12H16N2O2/c1-14(8-9-3-2-4-9)11-6-5-10(7-13-11)12(15)16/h5-7,9H,2-4,8H2,1H3,(H,15,16). The lowest BCUT2D eigenvalue weighted by atomic mass is 9.85. The second-order valence-electron chi connectivity index (χ2n) is 4.39. The van der Waals surface area contributed by atoms with Crippen molar-refractivity contribution in [1.82, 2.24) is 4.98 Å². The quantitative estimate of drug-likeness (QED) is 0.843. The minimum atomic E-state index is -0.930. The molecule has 86 valence electrons. The Kier molecular flexibility index (Phi) is 3.08. The maximum atomic E-state index is 10.7. The largest absolute Gasteiger partial charge is 0.478 e. The third-order valence-electron chi connectivity index (χ3n) is 3.14. The van der Waals surface area contributed by atoms with Crippen molar-refractivity contribution in [1.29, 1.82) is 0 Å². The van der Waals surface area contributed by atoms with E-state index in [1.165, 1.54) is 25.5 Å². The molecule has 0 aromatic carbocycles. The molecule has 4 nitrogen and oxygen atoms in total. The van der Waals surface area contributed by atoms with E-state index < -0.39 is 5.97 Å². The molecule has 1 N–H and O–H groups in total. The SMILES string of the molecule is CN(CC1CCC1)c1ccc(C(=O)O)cn1. The minimum absolute atomic E-state index is 0.237. The second-order valence-corrected chi connectivity index (χ2v) is 4.39. The van der Waals surface area contributed by atoms with Crippen LogP contribution in [0.4, 0.5) is 5.82 Å². The van der Waals surface area contributed by atoms with Gasteiger partial charge in [-0.25, -0.2) is 9.78 Å². The van der Waals surface area contributed by atoms with Crippen molar-refractivity contribution in [3.63, 3.8) is 0 Å². The molecule has 0 bridgehead atoms. The van der Waals surface area contributed by atoms with Gasteiger partial charge in [-0.1, -0.05) is 6.42 Å². The Labute approximate surface area is 94.9 Å². The zero-order chi connectivity index (χ0) is 11.5. The smallest absolute Gasteiger partial charge is 0.337 e. The summed E-state index contributed by atoms with van der Waals surface area (Å²) in [7, 11) is 2.00. The van der Waals surface area contributed by atoms with E-state index in [1.54, 1.807) is 12.1 Å². The number of rotatable bonds is 4. The highest BCUT2D eigenvalue weighted by Crippen LogP contribution is 2.27. The van der Waals surface area contributed by atoms with E-state index in [9.17, 15) is 4.79 Å². The summed E-state index contributed by atoms with van der Waals surface area (Å²) in [6.07, 6.45) is 5.36. The fraction of sp³-hybridized carbons (Fsp3) is 0.500. The van der Waals surface area contributed by atoms with Gasteiger partial charge in [0.05, 0.1) is 5.56 Å². The lowest BCUT2D eigenvalue weighted by molar-refractivity contribution is 0.0696. The molecular weight excluding hydrogens is 204 g/mol. The van der Waals surface area contributed by atoms with E-state index in [4.69, 9.17) is 5.11 Å². The molecule has 1 aliphatic carbocycles. The summed E-state index contributed by atoms with van der Waals surface area (Å²) < 4.78 is 0. The molecule has 0 amide bonds. The summed E-state index contributed by atoms with van der Waals surface area (Å²) in [6, 6.07) is 3.37. The van der Waals surface area contributed by atoms with Gasteiger partial charge in [0.1, 0.15) is 5.82 Å². The van der Waals surface area contributed by atoms with Crippen LogP contribution in [0.5, 0.6) is 0 Å². The van der Waals surface area contributed by atoms with Crippen molar-refractivity contribution in [2.75, 3.05) is 18.5 Å². The topological polar surface area (TPSA) is 53.4 Å². The lowest BCUT2D eigenvalue weighted by Crippen LogP contribution is -2.29. The van der Waals surface area contributed by atoms with Crippen LogP contribution in [0.15, 0.2) is 18.3 Å². The van der Waals surface area contributed by atoms with Crippen LogP contribution in [-0.4, -0.2) is 29.7 Å². The molecule has 0 unspecified atom stereocenters. The minimum Gasteiger partial charge on any atom is -0.478 e. The van der Waals surface area contributed by atoms with Crippen molar-refractivity contribution in [2.45, 2.75) is 19.3 Å². The van der Waals surface area contributed by atoms with Crippen LogP contribution in [0.3, 0.4) is 0 Å². The first-order chi connectivity index (χ1) is 7.66. The van der Waals surface area contributed by atoms with Crippen LogP contribution in [0, 0.1) is 5.92 Å². The summed E-state index contributed by atoms with van der Waals surface area (Å²) in [5, 5.41) is 8.75. The third kappa shape index (κ3) is 2.32. The summed E-state index contributed by atoms with van der Waals surface area (Å²) in [6.45, 7) is 1.01. The van der Waals surface area contributed by atoms with Crippen molar-refractivity contribution in [2.24, 2.45) is 5.92 Å². The predicted molar refractivity (Wildman–Crippen MR) is 61.8 cm³/mol. The van der Waals surface area contributed by atoms with Crippen molar-refractivity contribution in [3.8, 4) is 0 Å². The number of anilines is 1. The molecule has 0 radical (unpaired) electrons. The van der Waals surface area contributed by atoms with E-state index in [0.717, 1.165) is 18.3 Å². The van der Waals surface area contributed by atoms with Gasteiger partial charge in [-0.15, -0.1) is 0 Å². The van der Waals surface area contributed by atoms with Crippen LogP contribution in [-0.2, 0) is 0 Å². The van der Waals surface area contributed by atoms with Crippen LogP contribution in [0.25, 0.3) is 0 Å². The zero-order valence-corrected chi connectivity index (χ0v) is 9.39. The zero-order valence-electron chi connectivity index (χ0n) is 9.39. The number of aromatic carboxylic acids is 1. The maximum Gasteiger partial charge on any atom is 0.337 e. The molecule has 4 heteroatoms. The Bertz CT molecular complexity index is 371. The van der Waals surface area contributed by atoms with Crippen molar-refractivity contribution >= 4 is 11.8 Å². The Balaban J connectivity index is 1.99. The van der Waals surface area contributed by atoms with E-state index in [2.05, 4.69) is 9.88 Å². The normalized spacial score (nSPS) is 15.6. The van der Waals surface area contributed by atoms with Gasteiger partial charge >= 0.3 is 5.97 Å². The molecule has 1 heterocycles. The third-order valence-corrected chi connectivity index (χ3v) is 3.14. The van der Waals surface area contributed by atoms with Crippen LogP contribution in [0.2, 0.25) is 0 Å². The van der Waals surface area contributed by atoms with Crippen LogP contribution in [0.1, 0.15) is 29.6 Å². The number of hydrogen-bond acceptors (Lipinski definition) is 3. The van der Waals surface area contributed by atoms with Gasteiger partial charge in [-0.3, -0.25) is 0 Å². The van der Waals surface area contributed by atoms with Gasteiger partial charge < -0.3 is 10.0 Å². The molecule has 1 saturated carbocycles. The summed E-state index contributed by atoms with van der Waals surface area (Å²) >= 11 is 0. The van der Waals surface area contributed by atoms with Crippen molar-refractivity contribution in [3.05, 3.63) is 23.9 Å². The van der Waals surface area contributed by atoms with Gasteiger partial charge in [0.15, 0.2) is 0 Å².